The summed E-state index contributed by atoms with van der Waals surface area (Å²) in [7, 11) is 0. The number of hydrazine groups is 1. The van der Waals surface area contributed by atoms with E-state index in [-0.39, 0.29) is 24.1 Å². The number of para-hydroxylation sites is 1. The van der Waals surface area contributed by atoms with Gasteiger partial charge in [0.15, 0.2) is 0 Å². The molecule has 4 rings (SSSR count). The minimum absolute atomic E-state index is 0.0132. The van der Waals surface area contributed by atoms with Crippen LogP contribution in [-0.4, -0.2) is 24.6 Å². The van der Waals surface area contributed by atoms with Crippen LogP contribution in [0, 0.1) is 6.92 Å². The zero-order valence-corrected chi connectivity index (χ0v) is 14.2. The molecule has 1 amide bonds. The molecule has 0 aliphatic carbocycles. The Labute approximate surface area is 146 Å². The molecule has 6 nitrogen and oxygen atoms in total. The fraction of sp³-hybridized carbons (Fsp3) is 0.421. The molecule has 0 spiro atoms. The van der Waals surface area contributed by atoms with Crippen molar-refractivity contribution >= 4 is 5.91 Å². The molecule has 2 aliphatic heterocycles. The Hall–Kier alpha value is -2.31. The number of ether oxygens (including phenoxy) is 1. The molecule has 2 unspecified atom stereocenters. The first-order chi connectivity index (χ1) is 12.2. The molecule has 1 aromatic carbocycles. The third kappa shape index (κ3) is 3.55. The average molecular weight is 341 g/mol. The summed E-state index contributed by atoms with van der Waals surface area (Å²) >= 11 is 0. The van der Waals surface area contributed by atoms with Gasteiger partial charge in [-0.05, 0) is 49.9 Å². The molecule has 25 heavy (non-hydrogen) atoms. The number of aryl methyl sites for hydroxylation is 2. The number of furan rings is 1. The number of carbonyl (C=O) groups excluding carboxylic acids is 1. The van der Waals surface area contributed by atoms with Crippen molar-refractivity contribution in [3.05, 3.63) is 53.5 Å². The number of benzene rings is 1. The lowest BCUT2D eigenvalue weighted by molar-refractivity contribution is -0.123. The van der Waals surface area contributed by atoms with Crippen LogP contribution < -0.4 is 20.9 Å². The van der Waals surface area contributed by atoms with Crippen molar-refractivity contribution in [2.45, 2.75) is 44.4 Å². The monoisotopic (exact) mass is 341 g/mol. The van der Waals surface area contributed by atoms with Crippen molar-refractivity contribution in [1.82, 2.24) is 16.2 Å². The highest BCUT2D eigenvalue weighted by Gasteiger charge is 2.32. The lowest BCUT2D eigenvalue weighted by atomic mass is 10.0. The second-order valence-corrected chi connectivity index (χ2v) is 6.71. The zero-order valence-electron chi connectivity index (χ0n) is 14.2. The van der Waals surface area contributed by atoms with Crippen molar-refractivity contribution in [2.75, 3.05) is 6.54 Å². The normalized spacial score (nSPS) is 25.2. The van der Waals surface area contributed by atoms with Gasteiger partial charge in [-0.15, -0.1) is 0 Å². The minimum Gasteiger partial charge on any atom is -0.488 e. The lowest BCUT2D eigenvalue weighted by Crippen LogP contribution is -2.46. The predicted molar refractivity (Wildman–Crippen MR) is 93.1 cm³/mol. The first-order valence-corrected chi connectivity index (χ1v) is 8.79. The van der Waals surface area contributed by atoms with Crippen molar-refractivity contribution in [1.29, 1.82) is 0 Å². The Kier molecular flexibility index (Phi) is 4.46. The van der Waals surface area contributed by atoms with Gasteiger partial charge in [0.05, 0.1) is 12.6 Å². The summed E-state index contributed by atoms with van der Waals surface area (Å²) in [6.45, 7) is 2.44. The molecule has 1 fully saturated rings. The summed E-state index contributed by atoms with van der Waals surface area (Å²) in [6, 6.07) is 11.7. The highest BCUT2D eigenvalue weighted by atomic mass is 16.5. The minimum atomic E-state index is -0.272. The number of carbonyl (C=O) groups is 1. The van der Waals surface area contributed by atoms with E-state index in [0.717, 1.165) is 30.1 Å². The Morgan fingerprint density at radius 1 is 1.24 bits per heavy atom. The van der Waals surface area contributed by atoms with E-state index in [2.05, 4.69) is 22.2 Å². The van der Waals surface area contributed by atoms with Crippen molar-refractivity contribution in [2.24, 2.45) is 0 Å². The molecule has 3 atom stereocenters. The maximum atomic E-state index is 12.4. The average Bonchev–Trinajstić information content (AvgIpc) is 3.28. The van der Waals surface area contributed by atoms with Crippen LogP contribution in [0.4, 0.5) is 0 Å². The van der Waals surface area contributed by atoms with E-state index in [1.54, 1.807) is 0 Å². The Morgan fingerprint density at radius 2 is 2.12 bits per heavy atom. The number of hydrogen-bond acceptors (Lipinski definition) is 5. The second-order valence-electron chi connectivity index (χ2n) is 6.71. The van der Waals surface area contributed by atoms with Gasteiger partial charge in [0, 0.05) is 0 Å². The van der Waals surface area contributed by atoms with Crippen LogP contribution in [0.2, 0.25) is 0 Å². The van der Waals surface area contributed by atoms with Crippen LogP contribution in [0.3, 0.4) is 0 Å². The molecule has 0 radical (unpaired) electrons. The standard InChI is InChI=1S/C19H23N3O3/c1-12-6-9-18(24-12)15-10-16(22-21-15)19(23)20-11-14-8-7-13-4-2-3-5-17(13)25-14/h2-6,9,14-16,21-22H,7-8,10-11H2,1H3,(H,20,23)/t14-,15?,16?/m1/s1. The van der Waals surface area contributed by atoms with Crippen LogP contribution in [0.25, 0.3) is 0 Å². The fourth-order valence-electron chi connectivity index (χ4n) is 3.42. The maximum Gasteiger partial charge on any atom is 0.238 e. The van der Waals surface area contributed by atoms with Crippen molar-refractivity contribution < 1.29 is 13.9 Å². The van der Waals surface area contributed by atoms with Gasteiger partial charge in [-0.2, -0.15) is 0 Å². The summed E-state index contributed by atoms with van der Waals surface area (Å²) in [4.78, 5) is 12.4. The summed E-state index contributed by atoms with van der Waals surface area (Å²) in [5.41, 5.74) is 7.43. The van der Waals surface area contributed by atoms with Gasteiger partial charge in [0.25, 0.3) is 0 Å². The maximum absolute atomic E-state index is 12.4. The number of nitrogens with one attached hydrogen (secondary N) is 3. The van der Waals surface area contributed by atoms with Gasteiger partial charge in [-0.1, -0.05) is 18.2 Å². The van der Waals surface area contributed by atoms with Gasteiger partial charge >= 0.3 is 0 Å². The molecule has 2 aromatic rings. The first-order valence-electron chi connectivity index (χ1n) is 8.79. The summed E-state index contributed by atoms with van der Waals surface area (Å²) in [6.07, 6.45) is 2.59. The number of rotatable bonds is 4. The Bertz CT molecular complexity index is 758. The van der Waals surface area contributed by atoms with Crippen LogP contribution in [0.5, 0.6) is 5.75 Å². The second kappa shape index (κ2) is 6.90. The molecule has 132 valence electrons. The molecule has 2 aliphatic rings. The van der Waals surface area contributed by atoms with E-state index in [4.69, 9.17) is 9.15 Å². The van der Waals surface area contributed by atoms with Crippen LogP contribution in [0.1, 0.15) is 36.0 Å². The van der Waals surface area contributed by atoms with Gasteiger partial charge in [0.2, 0.25) is 5.91 Å². The van der Waals surface area contributed by atoms with Gasteiger partial charge in [0.1, 0.15) is 29.4 Å². The molecule has 3 heterocycles. The lowest BCUT2D eigenvalue weighted by Gasteiger charge is -2.26. The fourth-order valence-corrected chi connectivity index (χ4v) is 3.42. The smallest absolute Gasteiger partial charge is 0.238 e. The SMILES string of the molecule is Cc1ccc(C2CC(C(=O)NC[C@H]3CCc4ccccc4O3)NN2)o1. The van der Waals surface area contributed by atoms with E-state index in [0.29, 0.717) is 13.0 Å². The molecule has 0 bridgehead atoms. The van der Waals surface area contributed by atoms with Gasteiger partial charge < -0.3 is 14.5 Å². The Balaban J connectivity index is 1.27. The number of amides is 1. The van der Waals surface area contributed by atoms with Crippen LogP contribution in [0.15, 0.2) is 40.8 Å². The highest BCUT2D eigenvalue weighted by Crippen LogP contribution is 2.27. The van der Waals surface area contributed by atoms with Gasteiger partial charge in [-0.3, -0.25) is 4.79 Å². The number of hydrogen-bond donors (Lipinski definition) is 3. The molecule has 0 saturated carbocycles. The van der Waals surface area contributed by atoms with E-state index in [9.17, 15) is 4.79 Å². The summed E-state index contributed by atoms with van der Waals surface area (Å²) < 4.78 is 11.6. The van der Waals surface area contributed by atoms with Gasteiger partial charge in [-0.25, -0.2) is 10.9 Å². The molecular weight excluding hydrogens is 318 g/mol. The van der Waals surface area contributed by atoms with Crippen LogP contribution in [-0.2, 0) is 11.2 Å². The Morgan fingerprint density at radius 3 is 2.96 bits per heavy atom. The molecule has 1 saturated heterocycles. The predicted octanol–water partition coefficient (Wildman–Crippen LogP) is 2.01. The van der Waals surface area contributed by atoms with Crippen LogP contribution >= 0.6 is 0 Å². The van der Waals surface area contributed by atoms with E-state index in [1.807, 2.05) is 37.3 Å². The molecular formula is C19H23N3O3. The van der Waals surface area contributed by atoms with Crippen molar-refractivity contribution in [3.8, 4) is 5.75 Å². The zero-order chi connectivity index (χ0) is 17.2. The molecule has 3 N–H and O–H groups in total. The largest absolute Gasteiger partial charge is 0.488 e. The van der Waals surface area contributed by atoms with E-state index >= 15 is 0 Å². The summed E-state index contributed by atoms with van der Waals surface area (Å²) in [5, 5.41) is 3.01. The van der Waals surface area contributed by atoms with Crippen molar-refractivity contribution in [3.63, 3.8) is 0 Å². The third-order valence-electron chi connectivity index (χ3n) is 4.83. The molecule has 1 aromatic heterocycles. The first kappa shape index (κ1) is 16.2. The third-order valence-corrected chi connectivity index (χ3v) is 4.83. The van der Waals surface area contributed by atoms with E-state index < -0.39 is 0 Å². The topological polar surface area (TPSA) is 75.5 Å². The molecule has 6 heteroatoms. The highest BCUT2D eigenvalue weighted by molar-refractivity contribution is 5.82. The van der Waals surface area contributed by atoms with E-state index in [1.165, 1.54) is 5.56 Å². The number of fused-ring (bicyclic) bond motifs is 1. The quantitative estimate of drug-likeness (QED) is 0.793. The summed E-state index contributed by atoms with van der Waals surface area (Å²) in [5.74, 6) is 2.65.